The summed E-state index contributed by atoms with van der Waals surface area (Å²) in [6, 6.07) is 11.5. The van der Waals surface area contributed by atoms with E-state index in [1.807, 2.05) is 53.7 Å². The molecule has 3 aromatic rings. The average Bonchev–Trinajstić information content (AvgIpc) is 2.92. The maximum Gasteiger partial charge on any atom is 0.224 e. The van der Waals surface area contributed by atoms with Crippen LogP contribution in [0.25, 0.3) is 11.5 Å². The Morgan fingerprint density at radius 1 is 0.821 bits per heavy atom. The van der Waals surface area contributed by atoms with Gasteiger partial charge < -0.3 is 4.90 Å². The van der Waals surface area contributed by atoms with E-state index in [1.165, 1.54) is 0 Å². The molecule has 1 amide bonds. The summed E-state index contributed by atoms with van der Waals surface area (Å²) in [5.74, 6) is 0.798. The van der Waals surface area contributed by atoms with Crippen LogP contribution in [-0.4, -0.2) is 55.3 Å². The maximum absolute atomic E-state index is 12.5. The molecule has 0 saturated carbocycles. The summed E-state index contributed by atoms with van der Waals surface area (Å²) < 4.78 is 0. The molecule has 1 fully saturated rings. The lowest BCUT2D eigenvalue weighted by molar-refractivity contribution is -0.131. The summed E-state index contributed by atoms with van der Waals surface area (Å²) in [6.07, 6.45) is 7.70. The van der Waals surface area contributed by atoms with E-state index in [1.54, 1.807) is 12.4 Å². The molecule has 1 saturated heterocycles. The van der Waals surface area contributed by atoms with Crippen molar-refractivity contribution in [2.24, 2.45) is 0 Å². The van der Waals surface area contributed by atoms with Gasteiger partial charge in [-0.1, -0.05) is 12.1 Å². The van der Waals surface area contributed by atoms with E-state index in [0.717, 1.165) is 36.6 Å². The molecule has 142 valence electrons. The van der Waals surface area contributed by atoms with E-state index < -0.39 is 0 Å². The molecular weight excluding hydrogens is 352 g/mol. The molecule has 0 bridgehead atoms. The van der Waals surface area contributed by atoms with E-state index >= 15 is 0 Å². The molecule has 0 unspecified atom stereocenters. The third-order valence-corrected chi connectivity index (χ3v) is 4.77. The van der Waals surface area contributed by atoms with Crippen LogP contribution < -0.4 is 0 Å². The second kappa shape index (κ2) is 8.67. The van der Waals surface area contributed by atoms with Gasteiger partial charge in [-0.25, -0.2) is 9.97 Å². The minimum absolute atomic E-state index is 0.176. The van der Waals surface area contributed by atoms with Crippen molar-refractivity contribution in [3.8, 4) is 11.5 Å². The zero-order valence-corrected chi connectivity index (χ0v) is 15.6. The van der Waals surface area contributed by atoms with Gasteiger partial charge in [-0.2, -0.15) is 0 Å². The Bertz CT molecular complexity index is 901. The molecule has 28 heavy (non-hydrogen) atoms. The third kappa shape index (κ3) is 4.55. The fraction of sp³-hybridized carbons (Fsp3) is 0.286. The molecule has 0 spiro atoms. The Morgan fingerprint density at radius 3 is 2.32 bits per heavy atom. The summed E-state index contributed by atoms with van der Waals surface area (Å²) in [7, 11) is 0. The topological polar surface area (TPSA) is 75.1 Å². The standard InChI is InChI=1S/C21H22N6O/c28-20-7-10-26(11-12-27(20)16-18-5-1-3-8-22-18)15-17-13-24-21(25-14-17)19-6-2-4-9-23-19/h1-6,8-9,13-14H,7,10-12,15-16H2. The maximum atomic E-state index is 12.5. The first-order valence-corrected chi connectivity index (χ1v) is 9.40. The summed E-state index contributed by atoms with van der Waals surface area (Å²) >= 11 is 0. The van der Waals surface area contributed by atoms with Crippen LogP contribution in [0.2, 0.25) is 0 Å². The number of hydrogen-bond acceptors (Lipinski definition) is 6. The summed E-state index contributed by atoms with van der Waals surface area (Å²) in [6.45, 7) is 3.55. The molecule has 4 heterocycles. The smallest absolute Gasteiger partial charge is 0.224 e. The average molecular weight is 374 g/mol. The summed E-state index contributed by atoms with van der Waals surface area (Å²) in [5, 5.41) is 0. The van der Waals surface area contributed by atoms with Crippen LogP contribution in [-0.2, 0) is 17.9 Å². The van der Waals surface area contributed by atoms with Gasteiger partial charge in [0.15, 0.2) is 5.82 Å². The largest absolute Gasteiger partial charge is 0.335 e. The van der Waals surface area contributed by atoms with Crippen molar-refractivity contribution in [2.75, 3.05) is 19.6 Å². The highest BCUT2D eigenvalue weighted by atomic mass is 16.2. The number of rotatable bonds is 5. The van der Waals surface area contributed by atoms with Gasteiger partial charge in [0.25, 0.3) is 0 Å². The molecule has 7 heteroatoms. The van der Waals surface area contributed by atoms with E-state index in [2.05, 4.69) is 24.8 Å². The van der Waals surface area contributed by atoms with Crippen molar-refractivity contribution in [2.45, 2.75) is 19.5 Å². The lowest BCUT2D eigenvalue weighted by Crippen LogP contribution is -2.33. The van der Waals surface area contributed by atoms with Gasteiger partial charge in [0, 0.05) is 63.0 Å². The lowest BCUT2D eigenvalue weighted by Gasteiger charge is -2.21. The Balaban J connectivity index is 1.36. The van der Waals surface area contributed by atoms with Crippen LogP contribution in [0.1, 0.15) is 17.7 Å². The first kappa shape index (κ1) is 18.2. The van der Waals surface area contributed by atoms with Gasteiger partial charge in [0.1, 0.15) is 5.69 Å². The fourth-order valence-electron chi connectivity index (χ4n) is 3.24. The number of carbonyl (C=O) groups excluding carboxylic acids is 1. The monoisotopic (exact) mass is 374 g/mol. The minimum Gasteiger partial charge on any atom is -0.335 e. The minimum atomic E-state index is 0.176. The molecule has 0 aromatic carbocycles. The van der Waals surface area contributed by atoms with Crippen molar-refractivity contribution in [1.82, 2.24) is 29.7 Å². The highest BCUT2D eigenvalue weighted by molar-refractivity contribution is 5.76. The molecular formula is C21H22N6O. The molecule has 0 atom stereocenters. The van der Waals surface area contributed by atoms with Gasteiger partial charge >= 0.3 is 0 Å². The van der Waals surface area contributed by atoms with Crippen LogP contribution in [0.15, 0.2) is 61.2 Å². The summed E-state index contributed by atoms with van der Waals surface area (Å²) in [5.41, 5.74) is 2.72. The van der Waals surface area contributed by atoms with E-state index in [4.69, 9.17) is 0 Å². The van der Waals surface area contributed by atoms with Gasteiger partial charge in [-0.3, -0.25) is 19.7 Å². The van der Waals surface area contributed by atoms with Crippen molar-refractivity contribution in [3.05, 3.63) is 72.4 Å². The number of amides is 1. The number of pyridine rings is 2. The van der Waals surface area contributed by atoms with E-state index in [-0.39, 0.29) is 5.91 Å². The molecule has 0 aliphatic carbocycles. The van der Waals surface area contributed by atoms with Crippen molar-refractivity contribution in [1.29, 1.82) is 0 Å². The van der Waals surface area contributed by atoms with Crippen LogP contribution in [0.4, 0.5) is 0 Å². The van der Waals surface area contributed by atoms with Crippen molar-refractivity contribution >= 4 is 5.91 Å². The van der Waals surface area contributed by atoms with E-state index in [0.29, 0.717) is 25.3 Å². The van der Waals surface area contributed by atoms with Crippen LogP contribution in [0.3, 0.4) is 0 Å². The van der Waals surface area contributed by atoms with Crippen LogP contribution in [0.5, 0.6) is 0 Å². The quantitative estimate of drug-likeness (QED) is 0.681. The number of carbonyl (C=O) groups is 1. The first-order chi connectivity index (χ1) is 13.8. The van der Waals surface area contributed by atoms with Gasteiger partial charge in [0.2, 0.25) is 5.91 Å². The highest BCUT2D eigenvalue weighted by Gasteiger charge is 2.21. The van der Waals surface area contributed by atoms with Gasteiger partial charge in [-0.15, -0.1) is 0 Å². The van der Waals surface area contributed by atoms with Crippen molar-refractivity contribution in [3.63, 3.8) is 0 Å². The molecule has 3 aromatic heterocycles. The predicted octanol–water partition coefficient (Wildman–Crippen LogP) is 2.17. The number of hydrogen-bond donors (Lipinski definition) is 0. The molecule has 0 radical (unpaired) electrons. The Kier molecular flexibility index (Phi) is 5.63. The Labute approximate surface area is 164 Å². The fourth-order valence-corrected chi connectivity index (χ4v) is 3.24. The molecule has 7 nitrogen and oxygen atoms in total. The van der Waals surface area contributed by atoms with Crippen molar-refractivity contribution < 1.29 is 4.79 Å². The highest BCUT2D eigenvalue weighted by Crippen LogP contribution is 2.14. The molecule has 4 rings (SSSR count). The van der Waals surface area contributed by atoms with Gasteiger partial charge in [0.05, 0.1) is 12.2 Å². The zero-order valence-electron chi connectivity index (χ0n) is 15.6. The van der Waals surface area contributed by atoms with Gasteiger partial charge in [-0.05, 0) is 24.3 Å². The predicted molar refractivity (Wildman–Crippen MR) is 105 cm³/mol. The van der Waals surface area contributed by atoms with E-state index in [9.17, 15) is 4.79 Å². The Hall–Kier alpha value is -3.19. The third-order valence-electron chi connectivity index (χ3n) is 4.77. The second-order valence-corrected chi connectivity index (χ2v) is 6.79. The zero-order chi connectivity index (χ0) is 19.2. The second-order valence-electron chi connectivity index (χ2n) is 6.79. The normalized spacial score (nSPS) is 15.4. The molecule has 0 N–H and O–H groups in total. The number of nitrogens with zero attached hydrogens (tertiary/aromatic N) is 6. The molecule has 1 aliphatic heterocycles. The lowest BCUT2D eigenvalue weighted by atomic mass is 10.2. The first-order valence-electron chi connectivity index (χ1n) is 9.40. The molecule has 1 aliphatic rings. The van der Waals surface area contributed by atoms with Crippen LogP contribution in [0, 0.1) is 0 Å². The Morgan fingerprint density at radius 2 is 1.61 bits per heavy atom. The number of aromatic nitrogens is 4. The van der Waals surface area contributed by atoms with Crippen LogP contribution >= 0.6 is 0 Å². The summed E-state index contributed by atoms with van der Waals surface area (Å²) in [4.78, 5) is 34.1. The SMILES string of the molecule is O=C1CCN(Cc2cnc(-c3ccccn3)nc2)CCN1Cc1ccccn1.